The number of amides is 1. The van der Waals surface area contributed by atoms with Gasteiger partial charge in [-0.1, -0.05) is 35.9 Å². The second-order valence-corrected chi connectivity index (χ2v) is 7.09. The van der Waals surface area contributed by atoms with Gasteiger partial charge in [0.25, 0.3) is 0 Å². The lowest BCUT2D eigenvalue weighted by atomic mass is 10.1. The molecule has 3 aromatic rings. The van der Waals surface area contributed by atoms with Crippen molar-refractivity contribution in [3.8, 4) is 11.4 Å². The number of carbonyl (C=O) groups excluding carboxylic acids is 2. The van der Waals surface area contributed by atoms with E-state index < -0.39 is 12.1 Å². The molecule has 1 aromatic heterocycles. The molecule has 0 fully saturated rings. The van der Waals surface area contributed by atoms with E-state index in [1.807, 2.05) is 37.3 Å². The summed E-state index contributed by atoms with van der Waals surface area (Å²) in [5, 5.41) is 4.55. The molecule has 1 aliphatic rings. The van der Waals surface area contributed by atoms with Gasteiger partial charge in [-0.15, -0.1) is 0 Å². The first kappa shape index (κ1) is 19.7. The van der Waals surface area contributed by atoms with Crippen LogP contribution in [-0.4, -0.2) is 39.9 Å². The molecular formula is C23H23N3O4. The Kier molecular flexibility index (Phi) is 5.52. The summed E-state index contributed by atoms with van der Waals surface area (Å²) in [4.78, 5) is 26.8. The van der Waals surface area contributed by atoms with Crippen LogP contribution in [0, 0.1) is 6.92 Å². The predicted octanol–water partition coefficient (Wildman–Crippen LogP) is 3.91. The maximum Gasteiger partial charge on any atom is 0.415 e. The zero-order valence-corrected chi connectivity index (χ0v) is 17.0. The van der Waals surface area contributed by atoms with Gasteiger partial charge in [0.2, 0.25) is 0 Å². The molecule has 2 aromatic carbocycles. The van der Waals surface area contributed by atoms with Gasteiger partial charge in [0.15, 0.2) is 5.69 Å². The molecule has 154 valence electrons. The van der Waals surface area contributed by atoms with Crippen LogP contribution in [0.5, 0.6) is 5.75 Å². The van der Waals surface area contributed by atoms with Gasteiger partial charge in [-0.25, -0.2) is 14.3 Å². The minimum absolute atomic E-state index is 0.237. The quantitative estimate of drug-likeness (QED) is 0.615. The average molecular weight is 405 g/mol. The van der Waals surface area contributed by atoms with Gasteiger partial charge in [-0.2, -0.15) is 5.10 Å². The summed E-state index contributed by atoms with van der Waals surface area (Å²) in [5.74, 6) is -0.00727. The lowest BCUT2D eigenvalue weighted by Gasteiger charge is -2.27. The standard InChI is InChI=1S/C23H23N3O4/c1-3-29-22(27)21-19-15-25(23(28)30-18-7-5-4-6-8-18)14-13-20(19)26(24-21)17-11-9-16(2)10-12-17/h4-12H,3,13-15H2,1-2H3. The first-order chi connectivity index (χ1) is 14.6. The Bertz CT molecular complexity index is 1060. The highest BCUT2D eigenvalue weighted by Gasteiger charge is 2.32. The Labute approximate surface area is 174 Å². The minimum Gasteiger partial charge on any atom is -0.461 e. The number of esters is 1. The smallest absolute Gasteiger partial charge is 0.415 e. The number of nitrogens with zero attached hydrogens (tertiary/aromatic N) is 3. The van der Waals surface area contributed by atoms with E-state index in [1.165, 1.54) is 0 Å². The molecular weight excluding hydrogens is 382 g/mol. The van der Waals surface area contributed by atoms with Crippen LogP contribution in [0.3, 0.4) is 0 Å². The number of carbonyl (C=O) groups is 2. The number of para-hydroxylation sites is 1. The third-order valence-corrected chi connectivity index (χ3v) is 5.01. The predicted molar refractivity (Wildman–Crippen MR) is 111 cm³/mol. The third kappa shape index (κ3) is 3.91. The zero-order valence-electron chi connectivity index (χ0n) is 17.0. The summed E-state index contributed by atoms with van der Waals surface area (Å²) in [6.45, 7) is 4.73. The van der Waals surface area contributed by atoms with Crippen molar-refractivity contribution in [2.45, 2.75) is 26.8 Å². The van der Waals surface area contributed by atoms with Crippen LogP contribution in [0.1, 0.15) is 34.2 Å². The second kappa shape index (κ2) is 8.41. The van der Waals surface area contributed by atoms with E-state index in [2.05, 4.69) is 5.10 Å². The highest BCUT2D eigenvalue weighted by molar-refractivity contribution is 5.89. The van der Waals surface area contributed by atoms with Crippen LogP contribution in [-0.2, 0) is 17.7 Å². The first-order valence-corrected chi connectivity index (χ1v) is 9.93. The minimum atomic E-state index is -0.488. The van der Waals surface area contributed by atoms with E-state index >= 15 is 0 Å². The van der Waals surface area contributed by atoms with Crippen molar-refractivity contribution in [3.05, 3.63) is 77.1 Å². The van der Waals surface area contributed by atoms with E-state index in [-0.39, 0.29) is 18.8 Å². The van der Waals surface area contributed by atoms with Crippen LogP contribution < -0.4 is 4.74 Å². The van der Waals surface area contributed by atoms with Crippen LogP contribution in [0.15, 0.2) is 54.6 Å². The zero-order chi connectivity index (χ0) is 21.1. The molecule has 0 aliphatic carbocycles. The summed E-state index contributed by atoms with van der Waals surface area (Å²) in [6, 6.07) is 16.9. The molecule has 0 N–H and O–H groups in total. The largest absolute Gasteiger partial charge is 0.461 e. The molecule has 7 nitrogen and oxygen atoms in total. The molecule has 0 spiro atoms. The first-order valence-electron chi connectivity index (χ1n) is 9.93. The van der Waals surface area contributed by atoms with Crippen molar-refractivity contribution in [2.75, 3.05) is 13.2 Å². The van der Waals surface area contributed by atoms with E-state index in [9.17, 15) is 9.59 Å². The fourth-order valence-electron chi connectivity index (χ4n) is 3.49. The van der Waals surface area contributed by atoms with Crippen LogP contribution in [0.2, 0.25) is 0 Å². The number of benzene rings is 2. The maximum atomic E-state index is 12.7. The molecule has 1 aliphatic heterocycles. The Morgan fingerprint density at radius 3 is 2.50 bits per heavy atom. The van der Waals surface area contributed by atoms with Crippen molar-refractivity contribution in [2.24, 2.45) is 0 Å². The third-order valence-electron chi connectivity index (χ3n) is 5.01. The van der Waals surface area contributed by atoms with Gasteiger partial charge >= 0.3 is 12.1 Å². The highest BCUT2D eigenvalue weighted by atomic mass is 16.6. The molecule has 0 saturated carbocycles. The van der Waals surface area contributed by atoms with Crippen molar-refractivity contribution in [1.29, 1.82) is 0 Å². The fourth-order valence-corrected chi connectivity index (χ4v) is 3.49. The molecule has 2 heterocycles. The second-order valence-electron chi connectivity index (χ2n) is 7.09. The molecule has 0 bridgehead atoms. The number of hydrogen-bond donors (Lipinski definition) is 0. The van der Waals surface area contributed by atoms with Crippen molar-refractivity contribution < 1.29 is 19.1 Å². The van der Waals surface area contributed by atoms with Crippen LogP contribution in [0.4, 0.5) is 4.79 Å². The topological polar surface area (TPSA) is 73.7 Å². The number of ether oxygens (including phenoxy) is 2. The lowest BCUT2D eigenvalue weighted by Crippen LogP contribution is -2.38. The Balaban J connectivity index is 1.65. The molecule has 0 radical (unpaired) electrons. The SMILES string of the molecule is CCOC(=O)c1nn(-c2ccc(C)cc2)c2c1CN(C(=O)Oc1ccccc1)CC2. The van der Waals surface area contributed by atoms with Gasteiger partial charge in [-0.05, 0) is 38.1 Å². The number of aryl methyl sites for hydroxylation is 1. The Hall–Kier alpha value is -3.61. The summed E-state index contributed by atoms with van der Waals surface area (Å²) in [5.41, 5.74) is 3.86. The summed E-state index contributed by atoms with van der Waals surface area (Å²) in [6.07, 6.45) is 0.101. The van der Waals surface area contributed by atoms with Crippen LogP contribution >= 0.6 is 0 Å². The normalized spacial score (nSPS) is 12.9. The van der Waals surface area contributed by atoms with Crippen molar-refractivity contribution >= 4 is 12.1 Å². The van der Waals surface area contributed by atoms with E-state index in [0.717, 1.165) is 16.9 Å². The molecule has 0 atom stereocenters. The van der Waals surface area contributed by atoms with Gasteiger partial charge in [-0.3, -0.25) is 0 Å². The Morgan fingerprint density at radius 1 is 1.07 bits per heavy atom. The van der Waals surface area contributed by atoms with Crippen molar-refractivity contribution in [3.63, 3.8) is 0 Å². The molecule has 0 saturated heterocycles. The summed E-state index contributed by atoms with van der Waals surface area (Å²) >= 11 is 0. The van der Waals surface area contributed by atoms with Crippen LogP contribution in [0.25, 0.3) is 5.69 Å². The van der Waals surface area contributed by atoms with Crippen molar-refractivity contribution in [1.82, 2.24) is 14.7 Å². The molecule has 0 unspecified atom stereocenters. The van der Waals surface area contributed by atoms with Gasteiger partial charge < -0.3 is 14.4 Å². The molecule has 4 rings (SSSR count). The number of fused-ring (bicyclic) bond motifs is 1. The monoisotopic (exact) mass is 405 g/mol. The fraction of sp³-hybridized carbons (Fsp3) is 0.261. The molecule has 7 heteroatoms. The highest BCUT2D eigenvalue weighted by Crippen LogP contribution is 2.27. The summed E-state index contributed by atoms with van der Waals surface area (Å²) in [7, 11) is 0. The lowest BCUT2D eigenvalue weighted by molar-refractivity contribution is 0.0515. The molecule has 30 heavy (non-hydrogen) atoms. The van der Waals surface area contributed by atoms with Gasteiger partial charge in [0, 0.05) is 18.5 Å². The van der Waals surface area contributed by atoms with Gasteiger partial charge in [0.1, 0.15) is 5.75 Å². The Morgan fingerprint density at radius 2 is 1.80 bits per heavy atom. The van der Waals surface area contributed by atoms with E-state index in [1.54, 1.807) is 40.8 Å². The number of hydrogen-bond acceptors (Lipinski definition) is 5. The maximum absolute atomic E-state index is 12.7. The van der Waals surface area contributed by atoms with E-state index in [4.69, 9.17) is 9.47 Å². The number of rotatable bonds is 4. The van der Waals surface area contributed by atoms with E-state index in [0.29, 0.717) is 24.3 Å². The van der Waals surface area contributed by atoms with Gasteiger partial charge in [0.05, 0.1) is 24.5 Å². The number of aromatic nitrogens is 2. The molecule has 1 amide bonds. The average Bonchev–Trinajstić information content (AvgIpc) is 3.14. The summed E-state index contributed by atoms with van der Waals surface area (Å²) < 4.78 is 12.4.